The molecule has 2 N–H and O–H groups in total. The van der Waals surface area contributed by atoms with Crippen LogP contribution in [-0.4, -0.2) is 34.8 Å². The van der Waals surface area contributed by atoms with Gasteiger partial charge in [0.1, 0.15) is 12.4 Å². The number of anilines is 2. The lowest BCUT2D eigenvalue weighted by atomic mass is 10.1. The van der Waals surface area contributed by atoms with Gasteiger partial charge in [0.25, 0.3) is 0 Å². The first-order valence-corrected chi connectivity index (χ1v) is 10.3. The Labute approximate surface area is 190 Å². The summed E-state index contributed by atoms with van der Waals surface area (Å²) in [6.45, 7) is 6.57. The van der Waals surface area contributed by atoms with E-state index in [0.29, 0.717) is 5.82 Å². The molecular weight excluding hydrogens is 437 g/mol. The molecule has 1 aromatic carbocycles. The average Bonchev–Trinajstić information content (AvgIpc) is 2.68. The zero-order valence-corrected chi connectivity index (χ0v) is 18.9. The summed E-state index contributed by atoms with van der Waals surface area (Å²) in [5, 5.41) is 5.25. The fraction of sp³-hybridized carbons (Fsp3) is 0.391. The van der Waals surface area contributed by atoms with E-state index in [9.17, 15) is 27.6 Å². The van der Waals surface area contributed by atoms with Gasteiger partial charge in [-0.05, 0) is 63.6 Å². The van der Waals surface area contributed by atoms with Crippen molar-refractivity contribution in [3.8, 4) is 0 Å². The van der Waals surface area contributed by atoms with E-state index >= 15 is 0 Å². The van der Waals surface area contributed by atoms with Gasteiger partial charge in [-0.25, -0.2) is 4.98 Å². The number of nitrogens with one attached hydrogen (secondary N) is 2. The van der Waals surface area contributed by atoms with Crippen LogP contribution in [0.25, 0.3) is 0 Å². The van der Waals surface area contributed by atoms with Crippen molar-refractivity contribution in [2.75, 3.05) is 16.8 Å². The van der Waals surface area contributed by atoms with Crippen LogP contribution in [0.2, 0.25) is 0 Å². The molecule has 10 heteroatoms. The third-order valence-electron chi connectivity index (χ3n) is 4.35. The molecule has 0 unspecified atom stereocenters. The van der Waals surface area contributed by atoms with Crippen LogP contribution in [0.4, 0.5) is 24.7 Å². The zero-order chi connectivity index (χ0) is 24.8. The van der Waals surface area contributed by atoms with E-state index in [2.05, 4.69) is 15.6 Å². The minimum absolute atomic E-state index is 0.0837. The second-order valence-electron chi connectivity index (χ2n) is 8.59. The Bertz CT molecular complexity index is 1020. The van der Waals surface area contributed by atoms with Crippen LogP contribution in [0.3, 0.4) is 0 Å². The molecule has 0 spiro atoms. The highest BCUT2D eigenvalue weighted by atomic mass is 19.4. The minimum Gasteiger partial charge on any atom is -0.350 e. The van der Waals surface area contributed by atoms with Crippen molar-refractivity contribution in [3.05, 3.63) is 53.7 Å². The van der Waals surface area contributed by atoms with Crippen LogP contribution < -0.4 is 15.5 Å². The number of benzene rings is 1. The lowest BCUT2D eigenvalue weighted by Gasteiger charge is -2.26. The number of carbonyl (C=O) groups is 3. The number of alkyl halides is 3. The summed E-state index contributed by atoms with van der Waals surface area (Å²) < 4.78 is 39.5. The Balaban J connectivity index is 2.17. The van der Waals surface area contributed by atoms with E-state index in [4.69, 9.17) is 0 Å². The molecule has 0 aliphatic rings. The number of aryl methyl sites for hydroxylation is 1. The zero-order valence-electron chi connectivity index (χ0n) is 18.9. The molecule has 178 valence electrons. The maximum atomic E-state index is 13.2. The Morgan fingerprint density at radius 2 is 1.70 bits per heavy atom. The van der Waals surface area contributed by atoms with Crippen molar-refractivity contribution >= 4 is 29.2 Å². The Hall–Kier alpha value is -3.43. The molecule has 0 atom stereocenters. The highest BCUT2D eigenvalue weighted by Crippen LogP contribution is 2.32. The maximum Gasteiger partial charge on any atom is 0.416 e. The standard InChI is InChI=1S/C23H27F3N4O3/c1-15-10-11-27-18(12-15)28-19(31)8-9-21(33)30(14-20(32)29-22(2,3)4)17-7-5-6-16(13-17)23(24,25)26/h5-7,10-13H,8-9,14H2,1-4H3,(H,29,32)(H,27,28,31). The maximum absolute atomic E-state index is 13.2. The molecule has 1 aromatic heterocycles. The molecule has 7 nitrogen and oxygen atoms in total. The molecule has 0 aliphatic heterocycles. The normalized spacial score (nSPS) is 11.6. The van der Waals surface area contributed by atoms with Crippen LogP contribution >= 0.6 is 0 Å². The van der Waals surface area contributed by atoms with Crippen molar-refractivity contribution in [1.82, 2.24) is 10.3 Å². The minimum atomic E-state index is -4.61. The molecule has 3 amide bonds. The van der Waals surface area contributed by atoms with Crippen molar-refractivity contribution in [1.29, 1.82) is 0 Å². The predicted molar refractivity (Wildman–Crippen MR) is 119 cm³/mol. The van der Waals surface area contributed by atoms with Crippen LogP contribution in [0.15, 0.2) is 42.6 Å². The van der Waals surface area contributed by atoms with Gasteiger partial charge in [0, 0.05) is 30.3 Å². The summed E-state index contributed by atoms with van der Waals surface area (Å²) in [5.41, 5.74) is -0.741. The summed E-state index contributed by atoms with van der Waals surface area (Å²) in [4.78, 5) is 42.5. The average molecular weight is 464 g/mol. The molecule has 2 aromatic rings. The molecule has 0 radical (unpaired) electrons. The Morgan fingerprint density at radius 1 is 1.00 bits per heavy atom. The molecule has 0 saturated heterocycles. The van der Waals surface area contributed by atoms with Gasteiger partial charge in [-0.15, -0.1) is 0 Å². The molecule has 0 aliphatic carbocycles. The predicted octanol–water partition coefficient (Wildman–Crippen LogP) is 4.08. The first kappa shape index (κ1) is 25.8. The summed E-state index contributed by atoms with van der Waals surface area (Å²) in [5.74, 6) is -1.36. The summed E-state index contributed by atoms with van der Waals surface area (Å²) in [6.07, 6.45) is -3.63. The topological polar surface area (TPSA) is 91.4 Å². The van der Waals surface area contributed by atoms with Gasteiger partial charge >= 0.3 is 6.18 Å². The van der Waals surface area contributed by atoms with E-state index in [1.807, 2.05) is 6.92 Å². The summed E-state index contributed by atoms with van der Waals surface area (Å²) in [6, 6.07) is 7.58. The van der Waals surface area contributed by atoms with Gasteiger partial charge in [0.05, 0.1) is 5.56 Å². The van der Waals surface area contributed by atoms with Gasteiger partial charge in [-0.1, -0.05) is 6.07 Å². The van der Waals surface area contributed by atoms with Crippen molar-refractivity contribution < 1.29 is 27.6 Å². The monoisotopic (exact) mass is 464 g/mol. The number of halogens is 3. The number of amides is 3. The number of pyridine rings is 1. The second-order valence-corrected chi connectivity index (χ2v) is 8.59. The first-order chi connectivity index (χ1) is 15.2. The lowest BCUT2D eigenvalue weighted by molar-refractivity contribution is -0.137. The van der Waals surface area contributed by atoms with E-state index in [-0.39, 0.29) is 18.5 Å². The number of carbonyl (C=O) groups excluding carboxylic acids is 3. The number of hydrogen-bond acceptors (Lipinski definition) is 4. The molecule has 1 heterocycles. The van der Waals surface area contributed by atoms with Crippen molar-refractivity contribution in [2.24, 2.45) is 0 Å². The van der Waals surface area contributed by atoms with Gasteiger partial charge < -0.3 is 15.5 Å². The van der Waals surface area contributed by atoms with Gasteiger partial charge in [-0.3, -0.25) is 14.4 Å². The number of aromatic nitrogens is 1. The smallest absolute Gasteiger partial charge is 0.350 e. The summed E-state index contributed by atoms with van der Waals surface area (Å²) in [7, 11) is 0. The SMILES string of the molecule is Cc1ccnc(NC(=O)CCC(=O)N(CC(=O)NC(C)(C)C)c2cccc(C(F)(F)F)c2)c1. The molecule has 33 heavy (non-hydrogen) atoms. The van der Waals surface area contributed by atoms with Gasteiger partial charge in [0.15, 0.2) is 0 Å². The van der Waals surface area contributed by atoms with Crippen LogP contribution in [0, 0.1) is 6.92 Å². The van der Waals surface area contributed by atoms with Gasteiger partial charge in [0.2, 0.25) is 17.7 Å². The van der Waals surface area contributed by atoms with Crippen molar-refractivity contribution in [3.63, 3.8) is 0 Å². The number of hydrogen-bond donors (Lipinski definition) is 2. The lowest BCUT2D eigenvalue weighted by Crippen LogP contribution is -2.47. The number of nitrogens with zero attached hydrogens (tertiary/aromatic N) is 2. The molecule has 0 fully saturated rings. The quantitative estimate of drug-likeness (QED) is 0.646. The van der Waals surface area contributed by atoms with Gasteiger partial charge in [-0.2, -0.15) is 13.2 Å². The van der Waals surface area contributed by atoms with E-state index in [0.717, 1.165) is 28.7 Å². The Kier molecular flexibility index (Phi) is 8.18. The van der Waals surface area contributed by atoms with E-state index in [1.165, 1.54) is 12.3 Å². The molecule has 0 saturated carbocycles. The molecule has 2 rings (SSSR count). The third-order valence-corrected chi connectivity index (χ3v) is 4.35. The summed E-state index contributed by atoms with van der Waals surface area (Å²) >= 11 is 0. The van der Waals surface area contributed by atoms with E-state index < -0.39 is 41.5 Å². The van der Waals surface area contributed by atoms with Crippen LogP contribution in [0.5, 0.6) is 0 Å². The van der Waals surface area contributed by atoms with Crippen molar-refractivity contribution in [2.45, 2.75) is 52.3 Å². The third kappa shape index (κ3) is 8.55. The largest absolute Gasteiger partial charge is 0.416 e. The van der Waals surface area contributed by atoms with Crippen LogP contribution in [-0.2, 0) is 20.6 Å². The van der Waals surface area contributed by atoms with Crippen LogP contribution in [0.1, 0.15) is 44.7 Å². The fourth-order valence-corrected chi connectivity index (χ4v) is 2.94. The molecular formula is C23H27F3N4O3. The number of rotatable bonds is 7. The highest BCUT2D eigenvalue weighted by Gasteiger charge is 2.32. The highest BCUT2D eigenvalue weighted by molar-refractivity contribution is 6.01. The second kappa shape index (κ2) is 10.5. The molecule has 0 bridgehead atoms. The van der Waals surface area contributed by atoms with E-state index in [1.54, 1.807) is 32.9 Å². The Morgan fingerprint density at radius 3 is 2.30 bits per heavy atom. The first-order valence-electron chi connectivity index (χ1n) is 10.3. The fourth-order valence-electron chi connectivity index (χ4n) is 2.94.